The first-order chi connectivity index (χ1) is 15.3. The van der Waals surface area contributed by atoms with Crippen molar-refractivity contribution in [1.82, 2.24) is 0 Å². The first kappa shape index (κ1) is 22.5. The highest BCUT2D eigenvalue weighted by molar-refractivity contribution is 6.34. The maximum absolute atomic E-state index is 15.8. The van der Waals surface area contributed by atoms with E-state index in [0.717, 1.165) is 16.7 Å². The van der Waals surface area contributed by atoms with Crippen LogP contribution in [0.5, 0.6) is 0 Å². The van der Waals surface area contributed by atoms with Crippen molar-refractivity contribution >= 4 is 17.3 Å². The van der Waals surface area contributed by atoms with Crippen LogP contribution < -0.4 is 5.73 Å². The van der Waals surface area contributed by atoms with Crippen molar-refractivity contribution in [3.8, 4) is 11.1 Å². The Morgan fingerprint density at radius 3 is 2.47 bits per heavy atom. The van der Waals surface area contributed by atoms with Crippen LogP contribution in [-0.4, -0.2) is 6.67 Å². The maximum atomic E-state index is 15.8. The lowest BCUT2D eigenvalue weighted by molar-refractivity contribution is 0.469. The second kappa shape index (κ2) is 8.67. The van der Waals surface area contributed by atoms with Crippen molar-refractivity contribution in [2.75, 3.05) is 6.67 Å². The van der Waals surface area contributed by atoms with E-state index in [1.165, 1.54) is 6.07 Å². The predicted octanol–water partition coefficient (Wildman–Crippen LogP) is 7.17. The van der Waals surface area contributed by atoms with Crippen LogP contribution in [0.2, 0.25) is 5.02 Å². The third-order valence-electron chi connectivity index (χ3n) is 6.44. The van der Waals surface area contributed by atoms with Gasteiger partial charge in [-0.25, -0.2) is 8.78 Å². The Bertz CT molecular complexity index is 1190. The average molecular weight is 456 g/mol. The molecule has 32 heavy (non-hydrogen) atoms. The summed E-state index contributed by atoms with van der Waals surface area (Å²) in [6.45, 7) is 5.35. The molecule has 0 aliphatic heterocycles. The van der Waals surface area contributed by atoms with E-state index < -0.39 is 18.3 Å². The van der Waals surface area contributed by atoms with Crippen LogP contribution in [0, 0.1) is 11.6 Å². The van der Waals surface area contributed by atoms with E-state index in [0.29, 0.717) is 29.5 Å². The lowest BCUT2D eigenvalue weighted by Crippen LogP contribution is -2.22. The zero-order valence-corrected chi connectivity index (χ0v) is 18.7. The van der Waals surface area contributed by atoms with Gasteiger partial charge in [0.1, 0.15) is 11.6 Å². The number of nitrogens with two attached hydrogens (primary N) is 1. The lowest BCUT2D eigenvalue weighted by atomic mass is 9.79. The number of hydrogen-bond donors (Lipinski definition) is 1. The molecule has 0 bridgehead atoms. The summed E-state index contributed by atoms with van der Waals surface area (Å²) in [7, 11) is 0. The first-order valence-corrected chi connectivity index (χ1v) is 11.0. The molecule has 3 aromatic carbocycles. The molecule has 0 radical (unpaired) electrons. The van der Waals surface area contributed by atoms with E-state index in [1.54, 1.807) is 12.1 Å². The van der Waals surface area contributed by atoms with Gasteiger partial charge in [-0.15, -0.1) is 0 Å². The number of fused-ring (bicyclic) bond motifs is 1. The van der Waals surface area contributed by atoms with Gasteiger partial charge in [0.15, 0.2) is 0 Å². The summed E-state index contributed by atoms with van der Waals surface area (Å²) in [5, 5.41) is -0.134. The Balaban J connectivity index is 1.95. The molecule has 0 spiro atoms. The highest BCUT2D eigenvalue weighted by Crippen LogP contribution is 2.48. The normalized spacial score (nSPS) is 17.4. The highest BCUT2D eigenvalue weighted by Gasteiger charge is 2.38. The minimum Gasteiger partial charge on any atom is -0.399 e. The number of rotatable bonds is 6. The molecular weight excluding hydrogens is 431 g/mol. The van der Waals surface area contributed by atoms with E-state index in [2.05, 4.69) is 25.6 Å². The minimum absolute atomic E-state index is 0.134. The summed E-state index contributed by atoms with van der Waals surface area (Å²) in [5.41, 5.74) is 9.79. The van der Waals surface area contributed by atoms with Crippen molar-refractivity contribution < 1.29 is 13.2 Å². The van der Waals surface area contributed by atoms with Gasteiger partial charge < -0.3 is 5.73 Å². The van der Waals surface area contributed by atoms with Crippen molar-refractivity contribution in [1.29, 1.82) is 0 Å². The Morgan fingerprint density at radius 1 is 1.09 bits per heavy atom. The molecule has 3 aromatic rings. The molecule has 2 N–H and O–H groups in total. The van der Waals surface area contributed by atoms with Crippen LogP contribution in [0.25, 0.3) is 16.8 Å². The summed E-state index contributed by atoms with van der Waals surface area (Å²) in [6.07, 6.45) is 1.60. The van der Waals surface area contributed by atoms with Crippen molar-refractivity contribution in [3.05, 3.63) is 99.6 Å². The van der Waals surface area contributed by atoms with E-state index in [9.17, 15) is 8.78 Å². The summed E-state index contributed by atoms with van der Waals surface area (Å²) in [6, 6.07) is 14.7. The van der Waals surface area contributed by atoms with Crippen LogP contribution in [0.4, 0.5) is 13.2 Å². The fourth-order valence-electron chi connectivity index (χ4n) is 4.84. The number of benzene rings is 3. The lowest BCUT2D eigenvalue weighted by Gasteiger charge is -2.24. The summed E-state index contributed by atoms with van der Waals surface area (Å²) in [4.78, 5) is 0. The van der Waals surface area contributed by atoms with Gasteiger partial charge in [-0.3, -0.25) is 4.39 Å². The second-order valence-corrected chi connectivity index (χ2v) is 9.12. The minimum atomic E-state index is -0.597. The topological polar surface area (TPSA) is 26.0 Å². The molecule has 5 heteroatoms. The molecule has 1 aliphatic rings. The Labute approximate surface area is 191 Å². The SMILES string of the molecule is C=C(N)c1ccc(CCCF)c(F)c1-c1c(Cl)c(F)cc2c1CC(C)(c1ccccc1)C2. The average Bonchev–Trinajstić information content (AvgIpc) is 3.11. The van der Waals surface area contributed by atoms with Crippen LogP contribution in [0.15, 0.2) is 55.1 Å². The molecule has 0 heterocycles. The molecule has 0 fully saturated rings. The zero-order chi connectivity index (χ0) is 23.0. The summed E-state index contributed by atoms with van der Waals surface area (Å²) in [5.74, 6) is -1.15. The molecule has 1 unspecified atom stereocenters. The number of halogens is 4. The molecule has 0 saturated carbocycles. The Hall–Kier alpha value is -2.72. The fourth-order valence-corrected chi connectivity index (χ4v) is 5.10. The van der Waals surface area contributed by atoms with Crippen LogP contribution in [-0.2, 0) is 24.7 Å². The fraction of sp³-hybridized carbons (Fsp3) is 0.259. The molecule has 1 nitrogen and oxygen atoms in total. The van der Waals surface area contributed by atoms with E-state index in [-0.39, 0.29) is 34.5 Å². The van der Waals surface area contributed by atoms with Gasteiger partial charge in [0.05, 0.1) is 11.7 Å². The quantitative estimate of drug-likeness (QED) is 0.418. The van der Waals surface area contributed by atoms with Crippen molar-refractivity contribution in [2.24, 2.45) is 5.73 Å². The van der Waals surface area contributed by atoms with E-state index >= 15 is 4.39 Å². The monoisotopic (exact) mass is 455 g/mol. The molecular formula is C27H25ClF3N. The van der Waals surface area contributed by atoms with Gasteiger partial charge >= 0.3 is 0 Å². The Morgan fingerprint density at radius 2 is 1.81 bits per heavy atom. The highest BCUT2D eigenvalue weighted by atomic mass is 35.5. The summed E-state index contributed by atoms with van der Waals surface area (Å²) >= 11 is 6.48. The standard InChI is InChI=1S/C27H25ClF3N/c1-16(32)20-11-10-17(7-6-12-29)26(31)24(20)23-21-15-27(2,19-8-4-3-5-9-19)14-18(21)13-22(30)25(23)28/h3-5,8-11,13H,1,6-7,12,14-15,32H2,2H3. The third-order valence-corrected chi connectivity index (χ3v) is 6.80. The Kier molecular flexibility index (Phi) is 6.09. The van der Waals surface area contributed by atoms with Crippen LogP contribution in [0.3, 0.4) is 0 Å². The largest absolute Gasteiger partial charge is 0.399 e. The van der Waals surface area contributed by atoms with Gasteiger partial charge in [0.25, 0.3) is 0 Å². The molecule has 4 rings (SSSR count). The second-order valence-electron chi connectivity index (χ2n) is 8.74. The molecule has 1 atom stereocenters. The van der Waals surface area contributed by atoms with Gasteiger partial charge in [-0.05, 0) is 54.0 Å². The zero-order valence-electron chi connectivity index (χ0n) is 18.0. The molecule has 1 aliphatic carbocycles. The summed E-state index contributed by atoms with van der Waals surface area (Å²) < 4.78 is 43.5. The predicted molar refractivity (Wildman–Crippen MR) is 126 cm³/mol. The van der Waals surface area contributed by atoms with Gasteiger partial charge in [-0.2, -0.15) is 0 Å². The number of aryl methyl sites for hydroxylation is 1. The van der Waals surface area contributed by atoms with Crippen LogP contribution >= 0.6 is 11.6 Å². The maximum Gasteiger partial charge on any atom is 0.142 e. The molecule has 166 valence electrons. The third kappa shape index (κ3) is 3.81. The smallest absolute Gasteiger partial charge is 0.142 e. The molecule has 0 aromatic heterocycles. The first-order valence-electron chi connectivity index (χ1n) is 10.6. The molecule has 0 amide bonds. The number of alkyl halides is 1. The van der Waals surface area contributed by atoms with Crippen molar-refractivity contribution in [2.45, 2.75) is 38.0 Å². The van der Waals surface area contributed by atoms with Gasteiger partial charge in [0, 0.05) is 27.8 Å². The molecule has 0 saturated heterocycles. The van der Waals surface area contributed by atoms with Crippen LogP contribution in [0.1, 0.15) is 41.2 Å². The van der Waals surface area contributed by atoms with Crippen molar-refractivity contribution in [3.63, 3.8) is 0 Å². The van der Waals surface area contributed by atoms with Gasteiger partial charge in [0.2, 0.25) is 0 Å². The van der Waals surface area contributed by atoms with E-state index in [4.69, 9.17) is 17.3 Å². The van der Waals surface area contributed by atoms with Gasteiger partial charge in [-0.1, -0.05) is 67.6 Å². The van der Waals surface area contributed by atoms with E-state index in [1.807, 2.05) is 18.2 Å². The number of hydrogen-bond acceptors (Lipinski definition) is 1.